The fraction of sp³-hybridized carbons (Fsp3) is 1.00. The van der Waals surface area contributed by atoms with Gasteiger partial charge in [0, 0.05) is 22.6 Å². The van der Waals surface area contributed by atoms with E-state index < -0.39 is 10.8 Å². The smallest absolute Gasteiger partial charge is 0.0506 e. The molecule has 16 heavy (non-hydrogen) atoms. The van der Waals surface area contributed by atoms with Crippen molar-refractivity contribution in [3.8, 4) is 0 Å². The molecule has 2 nitrogen and oxygen atoms in total. The average molecular weight is 245 g/mol. The molecule has 3 unspecified atom stereocenters. The second-order valence-corrected chi connectivity index (χ2v) is 7.47. The fourth-order valence-electron chi connectivity index (χ4n) is 2.65. The van der Waals surface area contributed by atoms with Crippen LogP contribution in [0.1, 0.15) is 53.4 Å². The largest absolute Gasteiger partial charge is 0.313 e. The summed E-state index contributed by atoms with van der Waals surface area (Å²) < 4.78 is 12.2. The maximum absolute atomic E-state index is 12.2. The van der Waals surface area contributed by atoms with E-state index in [-0.39, 0.29) is 0 Å². The molecule has 0 amide bonds. The predicted octanol–water partition coefficient (Wildman–Crippen LogP) is 2.70. The highest BCUT2D eigenvalue weighted by Crippen LogP contribution is 2.37. The van der Waals surface area contributed by atoms with E-state index in [0.29, 0.717) is 16.7 Å². The molecule has 0 heterocycles. The molecule has 0 spiro atoms. The van der Waals surface area contributed by atoms with Crippen molar-refractivity contribution in [1.29, 1.82) is 0 Å². The van der Waals surface area contributed by atoms with Crippen LogP contribution in [0.5, 0.6) is 0 Å². The lowest BCUT2D eigenvalue weighted by Gasteiger charge is -2.40. The molecule has 0 bridgehead atoms. The summed E-state index contributed by atoms with van der Waals surface area (Å²) in [5, 5.41) is 3.88. The van der Waals surface area contributed by atoms with Crippen LogP contribution in [0.4, 0.5) is 0 Å². The van der Waals surface area contributed by atoms with Crippen molar-refractivity contribution in [2.24, 2.45) is 5.41 Å². The Morgan fingerprint density at radius 1 is 1.38 bits per heavy atom. The molecule has 0 aromatic rings. The Kier molecular flexibility index (Phi) is 5.45. The Morgan fingerprint density at radius 2 is 2.06 bits per heavy atom. The zero-order valence-corrected chi connectivity index (χ0v) is 12.0. The van der Waals surface area contributed by atoms with Gasteiger partial charge < -0.3 is 5.32 Å². The standard InChI is InChI=1S/C13H27NOS/c1-5-9-16(15)12-10-13(3,4)8-7-11(12)14-6-2/h11-12,14H,5-10H2,1-4H3. The summed E-state index contributed by atoms with van der Waals surface area (Å²) in [7, 11) is -0.647. The number of hydrogen-bond donors (Lipinski definition) is 1. The first kappa shape index (κ1) is 14.2. The molecule has 1 rings (SSSR count). The van der Waals surface area contributed by atoms with Crippen LogP contribution in [0.3, 0.4) is 0 Å². The molecule has 1 fully saturated rings. The van der Waals surface area contributed by atoms with E-state index in [0.717, 1.165) is 25.1 Å². The highest BCUT2D eigenvalue weighted by molar-refractivity contribution is 7.85. The van der Waals surface area contributed by atoms with Gasteiger partial charge in [-0.3, -0.25) is 4.21 Å². The number of hydrogen-bond acceptors (Lipinski definition) is 2. The lowest BCUT2D eigenvalue weighted by Crippen LogP contribution is -2.48. The second kappa shape index (κ2) is 6.15. The molecule has 0 aliphatic heterocycles. The van der Waals surface area contributed by atoms with Crippen molar-refractivity contribution < 1.29 is 4.21 Å². The van der Waals surface area contributed by atoms with Gasteiger partial charge >= 0.3 is 0 Å². The summed E-state index contributed by atoms with van der Waals surface area (Å²) in [5.74, 6) is 0.864. The van der Waals surface area contributed by atoms with E-state index in [9.17, 15) is 4.21 Å². The molecule has 0 aromatic heterocycles. The first-order chi connectivity index (χ1) is 7.50. The van der Waals surface area contributed by atoms with E-state index in [4.69, 9.17) is 0 Å². The Hall–Kier alpha value is 0.110. The molecule has 1 aliphatic carbocycles. The predicted molar refractivity (Wildman–Crippen MR) is 72.2 cm³/mol. The van der Waals surface area contributed by atoms with E-state index in [1.54, 1.807) is 0 Å². The highest BCUT2D eigenvalue weighted by atomic mass is 32.2. The maximum Gasteiger partial charge on any atom is 0.0506 e. The van der Waals surface area contributed by atoms with Crippen molar-refractivity contribution in [3.05, 3.63) is 0 Å². The van der Waals surface area contributed by atoms with Crippen molar-refractivity contribution >= 4 is 10.8 Å². The highest BCUT2D eigenvalue weighted by Gasteiger charge is 2.37. The van der Waals surface area contributed by atoms with Crippen LogP contribution < -0.4 is 5.32 Å². The van der Waals surface area contributed by atoms with Gasteiger partial charge in [0.1, 0.15) is 0 Å². The van der Waals surface area contributed by atoms with Crippen LogP contribution in [-0.4, -0.2) is 27.8 Å². The van der Waals surface area contributed by atoms with Gasteiger partial charge in [0.2, 0.25) is 0 Å². The minimum Gasteiger partial charge on any atom is -0.313 e. The molecule has 3 atom stereocenters. The molecule has 0 radical (unpaired) electrons. The van der Waals surface area contributed by atoms with Crippen LogP contribution in [0.15, 0.2) is 0 Å². The van der Waals surface area contributed by atoms with Crippen molar-refractivity contribution in [2.75, 3.05) is 12.3 Å². The Labute approximate surface area is 103 Å². The molecule has 96 valence electrons. The summed E-state index contributed by atoms with van der Waals surface area (Å²) in [4.78, 5) is 0. The van der Waals surface area contributed by atoms with Crippen molar-refractivity contribution in [3.63, 3.8) is 0 Å². The lowest BCUT2D eigenvalue weighted by atomic mass is 9.75. The number of rotatable bonds is 5. The minimum atomic E-state index is -0.647. The summed E-state index contributed by atoms with van der Waals surface area (Å²) in [6.45, 7) is 9.87. The summed E-state index contributed by atoms with van der Waals surface area (Å²) in [6.07, 6.45) is 4.57. The summed E-state index contributed by atoms with van der Waals surface area (Å²) in [5.41, 5.74) is 0.375. The molecule has 3 heteroatoms. The van der Waals surface area contributed by atoms with Gasteiger partial charge in [-0.1, -0.05) is 27.7 Å². The first-order valence-corrected chi connectivity index (χ1v) is 7.99. The third kappa shape index (κ3) is 3.85. The fourth-order valence-corrected chi connectivity index (χ4v) is 4.59. The lowest BCUT2D eigenvalue weighted by molar-refractivity contribution is 0.213. The van der Waals surface area contributed by atoms with Gasteiger partial charge in [0.25, 0.3) is 0 Å². The molecule has 1 aliphatic rings. The summed E-state index contributed by atoms with van der Waals surface area (Å²) >= 11 is 0. The van der Waals surface area contributed by atoms with Gasteiger partial charge in [-0.05, 0) is 37.6 Å². The number of nitrogens with one attached hydrogen (secondary N) is 1. The maximum atomic E-state index is 12.2. The van der Waals surface area contributed by atoms with Gasteiger partial charge in [-0.15, -0.1) is 0 Å². The Morgan fingerprint density at radius 3 is 2.62 bits per heavy atom. The summed E-state index contributed by atoms with van der Waals surface area (Å²) in [6, 6.07) is 0.477. The van der Waals surface area contributed by atoms with Crippen LogP contribution in [0, 0.1) is 5.41 Å². The first-order valence-electron chi connectivity index (χ1n) is 6.60. The monoisotopic (exact) mass is 245 g/mol. The van der Waals surface area contributed by atoms with Crippen LogP contribution >= 0.6 is 0 Å². The van der Waals surface area contributed by atoms with Gasteiger partial charge in [0.05, 0.1) is 5.25 Å². The second-order valence-electron chi connectivity index (χ2n) is 5.69. The third-order valence-electron chi connectivity index (χ3n) is 3.54. The minimum absolute atomic E-state index is 0.364. The molecular weight excluding hydrogens is 218 g/mol. The van der Waals surface area contributed by atoms with Gasteiger partial charge in [0.15, 0.2) is 0 Å². The van der Waals surface area contributed by atoms with E-state index in [1.807, 2.05) is 0 Å². The van der Waals surface area contributed by atoms with Crippen LogP contribution in [-0.2, 0) is 10.8 Å². The average Bonchev–Trinajstić information content (AvgIpc) is 2.21. The normalized spacial score (nSPS) is 31.2. The quantitative estimate of drug-likeness (QED) is 0.807. The topological polar surface area (TPSA) is 29.1 Å². The van der Waals surface area contributed by atoms with Crippen molar-refractivity contribution in [2.45, 2.75) is 64.7 Å². The zero-order valence-electron chi connectivity index (χ0n) is 11.2. The Balaban J connectivity index is 2.67. The van der Waals surface area contributed by atoms with Gasteiger partial charge in [-0.2, -0.15) is 0 Å². The zero-order chi connectivity index (χ0) is 12.2. The SMILES string of the molecule is CCCS(=O)C1CC(C)(C)CCC1NCC. The molecule has 0 saturated heterocycles. The molecule has 1 saturated carbocycles. The van der Waals surface area contributed by atoms with Gasteiger partial charge in [-0.25, -0.2) is 0 Å². The molecule has 0 aromatic carbocycles. The third-order valence-corrected chi connectivity index (χ3v) is 5.53. The Bertz CT molecular complexity index is 240. The van der Waals surface area contributed by atoms with Crippen molar-refractivity contribution in [1.82, 2.24) is 5.32 Å². The van der Waals surface area contributed by atoms with Crippen LogP contribution in [0.25, 0.3) is 0 Å². The molecule has 1 N–H and O–H groups in total. The van der Waals surface area contributed by atoms with E-state index in [1.165, 1.54) is 12.8 Å². The van der Waals surface area contributed by atoms with Crippen LogP contribution in [0.2, 0.25) is 0 Å². The van der Waals surface area contributed by atoms with E-state index in [2.05, 4.69) is 33.0 Å². The van der Waals surface area contributed by atoms with E-state index >= 15 is 0 Å². The molecular formula is C13H27NOS.